The maximum Gasteiger partial charge on any atom is 0.315 e. The van der Waals surface area contributed by atoms with E-state index in [1.165, 1.54) is 18.9 Å². The zero-order valence-electron chi connectivity index (χ0n) is 10.4. The Morgan fingerprint density at radius 1 is 1.42 bits per heavy atom. The Labute approximate surface area is 125 Å². The third-order valence-electron chi connectivity index (χ3n) is 2.23. The van der Waals surface area contributed by atoms with Crippen LogP contribution in [-0.2, 0) is 14.3 Å². The van der Waals surface area contributed by atoms with Crippen LogP contribution in [-0.4, -0.2) is 30.0 Å². The number of halogens is 2. The number of benzene rings is 1. The summed E-state index contributed by atoms with van der Waals surface area (Å²) in [7, 11) is 1.30. The van der Waals surface area contributed by atoms with E-state index in [0.29, 0.717) is 15.7 Å². The largest absolute Gasteiger partial charge is 0.468 e. The van der Waals surface area contributed by atoms with Crippen LogP contribution < -0.4 is 5.32 Å². The van der Waals surface area contributed by atoms with Crippen molar-refractivity contribution in [3.8, 4) is 0 Å². The SMILES string of the molecule is COC(=O)CSC(C)C(=O)Nc1cc(Cl)ccc1Cl. The second kappa shape index (κ2) is 7.62. The van der Waals surface area contributed by atoms with E-state index in [1.54, 1.807) is 25.1 Å². The number of esters is 1. The summed E-state index contributed by atoms with van der Waals surface area (Å²) >= 11 is 12.9. The van der Waals surface area contributed by atoms with Crippen LogP contribution in [0.2, 0.25) is 10.0 Å². The number of carbonyl (C=O) groups is 2. The molecule has 0 fully saturated rings. The van der Waals surface area contributed by atoms with E-state index >= 15 is 0 Å². The van der Waals surface area contributed by atoms with Gasteiger partial charge >= 0.3 is 5.97 Å². The van der Waals surface area contributed by atoms with Gasteiger partial charge in [0.2, 0.25) is 5.91 Å². The highest BCUT2D eigenvalue weighted by atomic mass is 35.5. The van der Waals surface area contributed by atoms with Crippen molar-refractivity contribution in [1.82, 2.24) is 0 Å². The molecular weight excluding hydrogens is 309 g/mol. The summed E-state index contributed by atoms with van der Waals surface area (Å²) in [6, 6.07) is 4.81. The molecule has 1 N–H and O–H groups in total. The van der Waals surface area contributed by atoms with Crippen molar-refractivity contribution >= 4 is 52.5 Å². The molecule has 0 aliphatic carbocycles. The Hall–Kier alpha value is -0.910. The Morgan fingerprint density at radius 2 is 2.11 bits per heavy atom. The quantitative estimate of drug-likeness (QED) is 0.846. The van der Waals surface area contributed by atoms with Crippen molar-refractivity contribution in [3.05, 3.63) is 28.2 Å². The van der Waals surface area contributed by atoms with Gasteiger partial charge in [0, 0.05) is 5.02 Å². The molecule has 1 aromatic carbocycles. The average Bonchev–Trinajstić information content (AvgIpc) is 2.39. The molecule has 0 bridgehead atoms. The van der Waals surface area contributed by atoms with Gasteiger partial charge in [-0.15, -0.1) is 11.8 Å². The number of rotatable bonds is 5. The molecule has 0 aliphatic heterocycles. The molecule has 1 rings (SSSR count). The number of thioether (sulfide) groups is 1. The van der Waals surface area contributed by atoms with Gasteiger partial charge in [-0.25, -0.2) is 0 Å². The Kier molecular flexibility index (Phi) is 6.48. The zero-order valence-corrected chi connectivity index (χ0v) is 12.7. The van der Waals surface area contributed by atoms with E-state index < -0.39 is 5.25 Å². The first-order valence-corrected chi connectivity index (χ1v) is 7.19. The van der Waals surface area contributed by atoms with Gasteiger partial charge in [0.25, 0.3) is 0 Å². The highest BCUT2D eigenvalue weighted by Gasteiger charge is 2.16. The fraction of sp³-hybridized carbons (Fsp3) is 0.333. The van der Waals surface area contributed by atoms with Crippen LogP contribution in [0.5, 0.6) is 0 Å². The molecule has 0 saturated heterocycles. The summed E-state index contributed by atoms with van der Waals surface area (Å²) in [5, 5.41) is 3.14. The smallest absolute Gasteiger partial charge is 0.315 e. The van der Waals surface area contributed by atoms with Crippen molar-refractivity contribution in [2.24, 2.45) is 0 Å². The molecule has 7 heteroatoms. The molecule has 104 valence electrons. The number of anilines is 1. The van der Waals surface area contributed by atoms with Crippen LogP contribution in [0.15, 0.2) is 18.2 Å². The molecule has 0 heterocycles. The summed E-state index contributed by atoms with van der Waals surface area (Å²) in [6.45, 7) is 1.70. The van der Waals surface area contributed by atoms with Gasteiger partial charge in [-0.3, -0.25) is 9.59 Å². The standard InChI is InChI=1S/C12H13Cl2NO3S/c1-7(19-6-11(16)18-2)12(17)15-10-5-8(13)3-4-9(10)14/h3-5,7H,6H2,1-2H3,(H,15,17). The van der Waals surface area contributed by atoms with Crippen molar-refractivity contribution in [3.63, 3.8) is 0 Å². The van der Waals surface area contributed by atoms with Crippen LogP contribution >= 0.6 is 35.0 Å². The van der Waals surface area contributed by atoms with E-state index in [2.05, 4.69) is 10.1 Å². The van der Waals surface area contributed by atoms with E-state index in [9.17, 15) is 9.59 Å². The van der Waals surface area contributed by atoms with E-state index in [4.69, 9.17) is 23.2 Å². The van der Waals surface area contributed by atoms with Gasteiger partial charge < -0.3 is 10.1 Å². The van der Waals surface area contributed by atoms with Crippen molar-refractivity contribution < 1.29 is 14.3 Å². The number of hydrogen-bond donors (Lipinski definition) is 1. The average molecular weight is 322 g/mol. The third kappa shape index (κ3) is 5.30. The zero-order chi connectivity index (χ0) is 14.4. The minimum Gasteiger partial charge on any atom is -0.468 e. The molecule has 0 aliphatic rings. The summed E-state index contributed by atoms with van der Waals surface area (Å²) in [5.41, 5.74) is 0.449. The Morgan fingerprint density at radius 3 is 2.74 bits per heavy atom. The third-order valence-corrected chi connectivity index (χ3v) is 3.92. The maximum absolute atomic E-state index is 11.9. The molecule has 1 atom stereocenters. The fourth-order valence-corrected chi connectivity index (χ4v) is 2.21. The summed E-state index contributed by atoms with van der Waals surface area (Å²) < 4.78 is 4.50. The van der Waals surface area contributed by atoms with Crippen LogP contribution in [0, 0.1) is 0 Å². The van der Waals surface area contributed by atoms with Crippen LogP contribution in [0.1, 0.15) is 6.92 Å². The second-order valence-electron chi connectivity index (χ2n) is 3.64. The minimum atomic E-state index is -0.408. The highest BCUT2D eigenvalue weighted by Crippen LogP contribution is 2.26. The lowest BCUT2D eigenvalue weighted by atomic mass is 10.3. The lowest BCUT2D eigenvalue weighted by Gasteiger charge is -2.12. The molecular formula is C12H13Cl2NO3S. The molecule has 1 unspecified atom stereocenters. The molecule has 4 nitrogen and oxygen atoms in total. The maximum atomic E-state index is 11.9. The number of methoxy groups -OCH3 is 1. The van der Waals surface area contributed by atoms with E-state index in [-0.39, 0.29) is 17.6 Å². The molecule has 0 spiro atoms. The summed E-state index contributed by atoms with van der Waals surface area (Å²) in [5.74, 6) is -0.502. The summed E-state index contributed by atoms with van der Waals surface area (Å²) in [4.78, 5) is 22.9. The number of carbonyl (C=O) groups excluding carboxylic acids is 2. The Bertz CT molecular complexity index is 482. The number of hydrogen-bond acceptors (Lipinski definition) is 4. The normalized spacial score (nSPS) is 11.8. The molecule has 19 heavy (non-hydrogen) atoms. The second-order valence-corrected chi connectivity index (χ2v) is 5.82. The first-order chi connectivity index (χ1) is 8.93. The monoisotopic (exact) mass is 321 g/mol. The lowest BCUT2D eigenvalue weighted by Crippen LogP contribution is -2.24. The molecule has 0 radical (unpaired) electrons. The van der Waals surface area contributed by atoms with Crippen LogP contribution in [0.25, 0.3) is 0 Å². The topological polar surface area (TPSA) is 55.4 Å². The molecule has 1 amide bonds. The minimum absolute atomic E-state index is 0.119. The van der Waals surface area contributed by atoms with Crippen molar-refractivity contribution in [2.45, 2.75) is 12.2 Å². The highest BCUT2D eigenvalue weighted by molar-refractivity contribution is 8.01. The van der Waals surface area contributed by atoms with Crippen LogP contribution in [0.4, 0.5) is 5.69 Å². The predicted molar refractivity (Wildman–Crippen MR) is 79.0 cm³/mol. The van der Waals surface area contributed by atoms with Gasteiger partial charge in [0.05, 0.1) is 28.8 Å². The molecule has 0 saturated carbocycles. The van der Waals surface area contributed by atoms with E-state index in [0.717, 1.165) is 0 Å². The van der Waals surface area contributed by atoms with Gasteiger partial charge in [-0.05, 0) is 25.1 Å². The fourth-order valence-electron chi connectivity index (χ4n) is 1.16. The molecule has 0 aromatic heterocycles. The van der Waals surface area contributed by atoms with Crippen molar-refractivity contribution in [1.29, 1.82) is 0 Å². The predicted octanol–water partition coefficient (Wildman–Crippen LogP) is 3.23. The van der Waals surface area contributed by atoms with E-state index in [1.807, 2.05) is 0 Å². The van der Waals surface area contributed by atoms with Crippen molar-refractivity contribution in [2.75, 3.05) is 18.2 Å². The van der Waals surface area contributed by atoms with Gasteiger partial charge in [0.1, 0.15) is 0 Å². The lowest BCUT2D eigenvalue weighted by molar-refractivity contribution is -0.137. The van der Waals surface area contributed by atoms with Gasteiger partial charge in [0.15, 0.2) is 0 Å². The first-order valence-electron chi connectivity index (χ1n) is 5.38. The molecule has 1 aromatic rings. The number of ether oxygens (including phenoxy) is 1. The first kappa shape index (κ1) is 16.1. The number of amides is 1. The summed E-state index contributed by atoms with van der Waals surface area (Å²) in [6.07, 6.45) is 0. The van der Waals surface area contributed by atoms with Gasteiger partial charge in [-0.2, -0.15) is 0 Å². The van der Waals surface area contributed by atoms with Gasteiger partial charge in [-0.1, -0.05) is 23.2 Å². The number of nitrogens with one attached hydrogen (secondary N) is 1. The Balaban J connectivity index is 2.58. The van der Waals surface area contributed by atoms with Crippen LogP contribution in [0.3, 0.4) is 0 Å².